The van der Waals surface area contributed by atoms with Gasteiger partial charge in [-0.05, 0) is 27.6 Å². The first-order valence-corrected chi connectivity index (χ1v) is 6.90. The van der Waals surface area contributed by atoms with Crippen LogP contribution in [-0.4, -0.2) is 4.98 Å². The normalized spacial score (nSPS) is 13.8. The first-order chi connectivity index (χ1) is 9.83. The Kier molecular flexibility index (Phi) is 3.87. The highest BCUT2D eigenvalue weighted by molar-refractivity contribution is 9.10. The fourth-order valence-electron chi connectivity index (χ4n) is 1.83. The molecule has 5 heteroatoms. The predicted octanol–water partition coefficient (Wildman–Crippen LogP) is 3.94. The molecule has 1 aromatic carbocycles. The van der Waals surface area contributed by atoms with E-state index in [1.165, 1.54) is 12.5 Å². The predicted molar refractivity (Wildman–Crippen MR) is 76.8 cm³/mol. The van der Waals surface area contributed by atoms with Crippen LogP contribution >= 0.6 is 15.9 Å². The maximum atomic E-state index is 5.84. The number of halogens is 1. The third kappa shape index (κ3) is 2.93. The summed E-state index contributed by atoms with van der Waals surface area (Å²) in [6, 6.07) is 11.8. The summed E-state index contributed by atoms with van der Waals surface area (Å²) in [4.78, 5) is 4.31. The maximum Gasteiger partial charge on any atom is 0.286 e. The lowest BCUT2D eigenvalue weighted by molar-refractivity contribution is -0.0300. The number of aromatic nitrogens is 1. The summed E-state index contributed by atoms with van der Waals surface area (Å²) in [5.41, 5.74) is 1.71. The Morgan fingerprint density at radius 1 is 1.15 bits per heavy atom. The lowest BCUT2D eigenvalue weighted by atomic mass is 10.2. The molecule has 0 N–H and O–H groups in total. The largest absolute Gasteiger partial charge is 0.487 e. The molecule has 1 aliphatic heterocycles. The van der Waals surface area contributed by atoms with Crippen LogP contribution in [0.25, 0.3) is 0 Å². The average molecular weight is 334 g/mol. The van der Waals surface area contributed by atoms with Crippen LogP contribution in [0, 0.1) is 0 Å². The highest BCUT2D eigenvalue weighted by atomic mass is 79.9. The van der Waals surface area contributed by atoms with Crippen LogP contribution in [0.2, 0.25) is 0 Å². The molecule has 2 heterocycles. The molecule has 20 heavy (non-hydrogen) atoms. The summed E-state index contributed by atoms with van der Waals surface area (Å²) in [6.07, 6.45) is 4.13. The molecule has 3 rings (SSSR count). The van der Waals surface area contributed by atoms with Crippen LogP contribution < -0.4 is 4.74 Å². The van der Waals surface area contributed by atoms with Crippen molar-refractivity contribution in [1.29, 1.82) is 0 Å². The Labute approximate surface area is 125 Å². The van der Waals surface area contributed by atoms with E-state index in [2.05, 4.69) is 20.9 Å². The molecule has 0 amide bonds. The van der Waals surface area contributed by atoms with Gasteiger partial charge in [-0.1, -0.05) is 30.3 Å². The second kappa shape index (κ2) is 5.96. The monoisotopic (exact) mass is 333 g/mol. The molecule has 0 fully saturated rings. The van der Waals surface area contributed by atoms with Gasteiger partial charge in [0.1, 0.15) is 24.9 Å². The van der Waals surface area contributed by atoms with E-state index in [0.717, 1.165) is 10.0 Å². The molecule has 2 aromatic rings. The SMILES string of the molecule is Brc1cnc(C2OC=CO2)c(OCc2ccccc2)c1. The Morgan fingerprint density at radius 3 is 2.65 bits per heavy atom. The highest BCUT2D eigenvalue weighted by Gasteiger charge is 2.22. The van der Waals surface area contributed by atoms with Gasteiger partial charge >= 0.3 is 0 Å². The van der Waals surface area contributed by atoms with E-state index in [1.54, 1.807) is 6.20 Å². The molecule has 102 valence electrons. The number of pyridine rings is 1. The quantitative estimate of drug-likeness (QED) is 0.849. The second-order valence-corrected chi connectivity index (χ2v) is 5.10. The summed E-state index contributed by atoms with van der Waals surface area (Å²) >= 11 is 3.39. The molecule has 0 bridgehead atoms. The van der Waals surface area contributed by atoms with E-state index in [-0.39, 0.29) is 0 Å². The van der Waals surface area contributed by atoms with Gasteiger partial charge in [-0.3, -0.25) is 0 Å². The van der Waals surface area contributed by atoms with Crippen molar-refractivity contribution in [3.63, 3.8) is 0 Å². The molecule has 0 atom stereocenters. The van der Waals surface area contributed by atoms with Crippen molar-refractivity contribution in [3.8, 4) is 5.75 Å². The van der Waals surface area contributed by atoms with Gasteiger partial charge < -0.3 is 14.2 Å². The van der Waals surface area contributed by atoms with Crippen LogP contribution in [0.3, 0.4) is 0 Å². The topological polar surface area (TPSA) is 40.6 Å². The zero-order valence-electron chi connectivity index (χ0n) is 10.5. The second-order valence-electron chi connectivity index (χ2n) is 4.19. The zero-order valence-corrected chi connectivity index (χ0v) is 12.1. The van der Waals surface area contributed by atoms with E-state index in [9.17, 15) is 0 Å². The van der Waals surface area contributed by atoms with Crippen LogP contribution in [-0.2, 0) is 16.1 Å². The summed E-state index contributed by atoms with van der Waals surface area (Å²) < 4.78 is 17.3. The smallest absolute Gasteiger partial charge is 0.286 e. The minimum atomic E-state index is -0.547. The van der Waals surface area contributed by atoms with Gasteiger partial charge in [0.05, 0.1) is 0 Å². The number of hydrogen-bond acceptors (Lipinski definition) is 4. The first kappa shape index (κ1) is 13.0. The van der Waals surface area contributed by atoms with Crippen molar-refractivity contribution in [2.75, 3.05) is 0 Å². The van der Waals surface area contributed by atoms with Gasteiger partial charge in [0.2, 0.25) is 0 Å². The molecule has 0 radical (unpaired) electrons. The van der Waals surface area contributed by atoms with E-state index in [1.807, 2.05) is 36.4 Å². The third-order valence-corrected chi connectivity index (χ3v) is 3.20. The average Bonchev–Trinajstić information content (AvgIpc) is 3.00. The molecule has 0 saturated carbocycles. The number of nitrogens with zero attached hydrogens (tertiary/aromatic N) is 1. The van der Waals surface area contributed by atoms with Crippen molar-refractivity contribution in [3.05, 3.63) is 70.8 Å². The molecule has 1 aliphatic rings. The van der Waals surface area contributed by atoms with Crippen LogP contribution in [0.15, 0.2) is 59.6 Å². The Hall–Kier alpha value is -2.01. The highest BCUT2D eigenvalue weighted by Crippen LogP contribution is 2.32. The molecule has 1 aromatic heterocycles. The summed E-state index contributed by atoms with van der Waals surface area (Å²) in [7, 11) is 0. The summed E-state index contributed by atoms with van der Waals surface area (Å²) in [5.74, 6) is 0.636. The van der Waals surface area contributed by atoms with Crippen LogP contribution in [0.1, 0.15) is 17.5 Å². The van der Waals surface area contributed by atoms with Crippen LogP contribution in [0.5, 0.6) is 5.75 Å². The fourth-order valence-corrected chi connectivity index (χ4v) is 2.14. The number of benzene rings is 1. The number of rotatable bonds is 4. The minimum Gasteiger partial charge on any atom is -0.487 e. The molecular weight excluding hydrogens is 322 g/mol. The van der Waals surface area contributed by atoms with Gasteiger partial charge in [-0.25, -0.2) is 4.98 Å². The lowest BCUT2D eigenvalue weighted by Crippen LogP contribution is -2.06. The van der Waals surface area contributed by atoms with Crippen LogP contribution in [0.4, 0.5) is 0 Å². The number of hydrogen-bond donors (Lipinski definition) is 0. The summed E-state index contributed by atoms with van der Waals surface area (Å²) in [5, 5.41) is 0. The molecule has 0 spiro atoms. The molecular formula is C15H12BrNO3. The van der Waals surface area contributed by atoms with Gasteiger partial charge in [-0.2, -0.15) is 0 Å². The first-order valence-electron chi connectivity index (χ1n) is 6.11. The fraction of sp³-hybridized carbons (Fsp3) is 0.133. The van der Waals surface area contributed by atoms with Gasteiger partial charge in [0.25, 0.3) is 6.29 Å². The minimum absolute atomic E-state index is 0.464. The van der Waals surface area contributed by atoms with Crippen molar-refractivity contribution < 1.29 is 14.2 Å². The summed E-state index contributed by atoms with van der Waals surface area (Å²) in [6.45, 7) is 0.464. The third-order valence-electron chi connectivity index (χ3n) is 2.77. The van der Waals surface area contributed by atoms with Crippen molar-refractivity contribution in [1.82, 2.24) is 4.98 Å². The van der Waals surface area contributed by atoms with E-state index >= 15 is 0 Å². The van der Waals surface area contributed by atoms with Crippen molar-refractivity contribution >= 4 is 15.9 Å². The Balaban J connectivity index is 1.79. The molecule has 4 nitrogen and oxygen atoms in total. The molecule has 0 saturated heterocycles. The Morgan fingerprint density at radius 2 is 1.90 bits per heavy atom. The van der Waals surface area contributed by atoms with Gasteiger partial charge in [0, 0.05) is 10.7 Å². The van der Waals surface area contributed by atoms with Crippen molar-refractivity contribution in [2.45, 2.75) is 12.9 Å². The zero-order chi connectivity index (χ0) is 13.8. The van der Waals surface area contributed by atoms with Crippen molar-refractivity contribution in [2.24, 2.45) is 0 Å². The van der Waals surface area contributed by atoms with Gasteiger partial charge in [0.15, 0.2) is 5.69 Å². The lowest BCUT2D eigenvalue weighted by Gasteiger charge is -2.15. The maximum absolute atomic E-state index is 5.84. The van der Waals surface area contributed by atoms with E-state index < -0.39 is 6.29 Å². The van der Waals surface area contributed by atoms with E-state index in [0.29, 0.717) is 18.1 Å². The van der Waals surface area contributed by atoms with Gasteiger partial charge in [-0.15, -0.1) is 0 Å². The molecule has 0 unspecified atom stereocenters. The standard InChI is InChI=1S/C15H12BrNO3/c16-12-8-13(20-10-11-4-2-1-3-5-11)14(17-9-12)15-18-6-7-19-15/h1-9,15H,10H2. The number of ether oxygens (including phenoxy) is 3. The van der Waals surface area contributed by atoms with E-state index in [4.69, 9.17) is 14.2 Å². The Bertz CT molecular complexity index is 608. The molecule has 0 aliphatic carbocycles.